The van der Waals surface area contributed by atoms with Crippen molar-refractivity contribution in [1.82, 2.24) is 0 Å². The van der Waals surface area contributed by atoms with Crippen LogP contribution >= 0.6 is 11.6 Å². The van der Waals surface area contributed by atoms with Crippen LogP contribution in [-0.4, -0.2) is 15.6 Å². The molecule has 6 heavy (non-hydrogen) atoms. The van der Waals surface area contributed by atoms with Crippen molar-refractivity contribution >= 4 is 21.4 Å². The predicted octanol–water partition coefficient (Wildman–Crippen LogP) is 0.548. The molecule has 1 radical (unpaired) electrons. The molecule has 0 amide bonds. The van der Waals surface area contributed by atoms with Gasteiger partial charge in [0.1, 0.15) is 0 Å². The average Bonchev–Trinajstić information content (AvgIpc) is 1.61. The number of hydrogen-bond donors (Lipinski definition) is 0. The highest BCUT2D eigenvalue weighted by atomic mass is 35.5. The Morgan fingerprint density at radius 2 is 2.33 bits per heavy atom. The second kappa shape index (κ2) is 5.47. The van der Waals surface area contributed by atoms with Gasteiger partial charge in [-0.3, -0.25) is 0 Å². The minimum atomic E-state index is -0.931. The molecule has 0 spiro atoms. The average molecular weight is 124 g/mol. The van der Waals surface area contributed by atoms with E-state index in [4.69, 9.17) is 11.6 Å². The molecule has 0 saturated heterocycles. The first kappa shape index (κ1) is 6.47. The van der Waals surface area contributed by atoms with Crippen LogP contribution in [0.2, 0.25) is 6.04 Å². The summed E-state index contributed by atoms with van der Waals surface area (Å²) in [6, 6.07) is 0.865. The van der Waals surface area contributed by atoms with Crippen molar-refractivity contribution in [2.75, 3.05) is 5.88 Å². The fourth-order valence-corrected chi connectivity index (χ4v) is 1.16. The second-order valence-corrected chi connectivity index (χ2v) is 2.59. The van der Waals surface area contributed by atoms with Crippen LogP contribution in [0.15, 0.2) is 0 Å². The highest BCUT2D eigenvalue weighted by Gasteiger charge is 1.81. The Morgan fingerprint density at radius 1 is 1.67 bits per heavy atom. The van der Waals surface area contributed by atoms with E-state index in [1.165, 1.54) is 0 Å². The first-order valence-electron chi connectivity index (χ1n) is 2.06. The third-order valence-electron chi connectivity index (χ3n) is 0.528. The van der Waals surface area contributed by atoms with Crippen molar-refractivity contribution in [3.05, 3.63) is 0 Å². The van der Waals surface area contributed by atoms with Gasteiger partial charge in [0.05, 0.1) is 0 Å². The van der Waals surface area contributed by atoms with Gasteiger partial charge in [-0.15, -0.1) is 11.6 Å². The number of alkyl halides is 1. The topological polar surface area (TPSA) is 19.9 Å². The molecule has 0 unspecified atom stereocenters. The number of hydrogen-bond acceptors (Lipinski definition) is 0. The van der Waals surface area contributed by atoms with Crippen LogP contribution in [0.1, 0.15) is 6.42 Å². The van der Waals surface area contributed by atoms with E-state index in [0.717, 1.165) is 12.5 Å². The fourth-order valence-electron chi connectivity index (χ4n) is 0.197. The van der Waals surface area contributed by atoms with E-state index in [0.29, 0.717) is 5.88 Å². The van der Waals surface area contributed by atoms with Crippen LogP contribution in [0.3, 0.4) is 0 Å². The molecule has 0 bridgehead atoms. The molecule has 0 aliphatic carbocycles. The Bertz CT molecular complexity index is 22.8. The molecule has 0 aromatic rings. The van der Waals surface area contributed by atoms with E-state index in [9.17, 15) is 4.80 Å². The molecule has 0 heterocycles. The van der Waals surface area contributed by atoms with E-state index in [-0.39, 0.29) is 0 Å². The van der Waals surface area contributed by atoms with Gasteiger partial charge in [0.25, 0.3) is 0 Å². The summed E-state index contributed by atoms with van der Waals surface area (Å²) in [6.45, 7) is 0. The van der Waals surface area contributed by atoms with Gasteiger partial charge < -0.3 is 4.80 Å². The van der Waals surface area contributed by atoms with Gasteiger partial charge in [0.2, 0.25) is 9.76 Å². The molecule has 0 N–H and O–H groups in total. The lowest BCUT2D eigenvalue weighted by Crippen LogP contribution is -1.82. The van der Waals surface area contributed by atoms with Gasteiger partial charge in [0, 0.05) is 5.88 Å². The van der Waals surface area contributed by atoms with Crippen molar-refractivity contribution in [2.24, 2.45) is 0 Å². The summed E-state index contributed by atoms with van der Waals surface area (Å²) in [5.41, 5.74) is 0. The summed E-state index contributed by atoms with van der Waals surface area (Å²) in [4.78, 5) is 9.77. The summed E-state index contributed by atoms with van der Waals surface area (Å²) in [7, 11) is -0.931. The molecule has 0 atom stereocenters. The van der Waals surface area contributed by atoms with Crippen LogP contribution in [0.4, 0.5) is 0 Å². The lowest BCUT2D eigenvalue weighted by molar-refractivity contribution is 0.472. The van der Waals surface area contributed by atoms with E-state index in [1.807, 2.05) is 0 Å². The van der Waals surface area contributed by atoms with Gasteiger partial charge in [-0.05, 0) is 12.5 Å². The smallest absolute Gasteiger partial charge is 0.207 e. The fraction of sp³-hybridized carbons (Fsp3) is 1.00. The van der Waals surface area contributed by atoms with Gasteiger partial charge in [0.15, 0.2) is 0 Å². The Balaban J connectivity index is 2.34. The maximum absolute atomic E-state index is 9.77. The summed E-state index contributed by atoms with van der Waals surface area (Å²) >= 11 is 5.26. The van der Waals surface area contributed by atoms with Gasteiger partial charge in [-0.1, -0.05) is 0 Å². The molecule has 1 nitrogen and oxygen atoms in total. The molecule has 0 aromatic heterocycles. The zero-order valence-electron chi connectivity index (χ0n) is 3.61. The largest absolute Gasteiger partial charge is 0.306 e. The van der Waals surface area contributed by atoms with Gasteiger partial charge in [-0.2, -0.15) is 0 Å². The van der Waals surface area contributed by atoms with Gasteiger partial charge >= 0.3 is 0 Å². The Labute approximate surface area is 45.3 Å². The first-order chi connectivity index (χ1) is 2.91. The molecule has 0 fully saturated rings. The first-order valence-corrected chi connectivity index (χ1v) is 4.17. The highest BCUT2D eigenvalue weighted by Crippen LogP contribution is 1.88. The van der Waals surface area contributed by atoms with E-state index >= 15 is 0 Å². The molecule has 0 aliphatic rings. The minimum absolute atomic E-state index is 0.662. The predicted molar refractivity (Wildman–Crippen MR) is 29.4 cm³/mol. The number of rotatable bonds is 3. The maximum Gasteiger partial charge on any atom is 0.207 e. The Kier molecular flexibility index (Phi) is 5.89. The zero-order valence-corrected chi connectivity index (χ0v) is 5.78. The monoisotopic (exact) mass is 123 g/mol. The summed E-state index contributed by atoms with van der Waals surface area (Å²) in [6.07, 6.45) is 0.928. The molecule has 0 saturated carbocycles. The van der Waals surface area contributed by atoms with E-state index in [2.05, 4.69) is 0 Å². The molecule has 0 aromatic carbocycles. The van der Waals surface area contributed by atoms with Crippen molar-refractivity contribution in [2.45, 2.75) is 12.5 Å². The summed E-state index contributed by atoms with van der Waals surface area (Å²) < 4.78 is 0. The third-order valence-corrected chi connectivity index (χ3v) is 1.58. The Morgan fingerprint density at radius 3 is 2.50 bits per heavy atom. The van der Waals surface area contributed by atoms with Crippen LogP contribution in [0.5, 0.6) is 0 Å². The molecule has 3 heteroatoms. The van der Waals surface area contributed by atoms with Crippen molar-refractivity contribution < 1.29 is 4.80 Å². The molecule has 0 aliphatic heterocycles. The van der Waals surface area contributed by atoms with Crippen molar-refractivity contribution in [3.8, 4) is 0 Å². The molecular weight excluding hydrogens is 116 g/mol. The maximum atomic E-state index is 9.77. The summed E-state index contributed by atoms with van der Waals surface area (Å²) in [5, 5.41) is 0. The van der Waals surface area contributed by atoms with E-state index in [1.54, 1.807) is 0 Å². The van der Waals surface area contributed by atoms with Crippen LogP contribution in [-0.2, 0) is 4.80 Å². The Hall–Kier alpha value is 0.467. The zero-order chi connectivity index (χ0) is 4.83. The van der Waals surface area contributed by atoms with Gasteiger partial charge in [-0.25, -0.2) is 0 Å². The quantitative estimate of drug-likeness (QED) is 0.297. The molecular formula is C3H8ClOSi. The standard InChI is InChI=1S/C3H8ClOSi/c4-2-1-3-6-5/h1-3,6H2. The number of halogens is 1. The lowest BCUT2D eigenvalue weighted by Gasteiger charge is -1.81. The second-order valence-electron chi connectivity index (χ2n) is 1.10. The van der Waals surface area contributed by atoms with Crippen molar-refractivity contribution in [1.29, 1.82) is 0 Å². The molecule has 0 rings (SSSR count). The molecule has 37 valence electrons. The SMILES string of the molecule is [O][SiH2]CCCCl. The lowest BCUT2D eigenvalue weighted by atomic mass is 10.6. The normalized spacial score (nSPS) is 11.0. The van der Waals surface area contributed by atoms with E-state index < -0.39 is 9.76 Å². The highest BCUT2D eigenvalue weighted by molar-refractivity contribution is 6.25. The van der Waals surface area contributed by atoms with Crippen LogP contribution in [0, 0.1) is 0 Å². The van der Waals surface area contributed by atoms with Crippen LogP contribution in [0.25, 0.3) is 0 Å². The van der Waals surface area contributed by atoms with Crippen LogP contribution < -0.4 is 0 Å². The summed E-state index contributed by atoms with van der Waals surface area (Å²) in [5.74, 6) is 0.662. The minimum Gasteiger partial charge on any atom is -0.306 e. The van der Waals surface area contributed by atoms with Crippen molar-refractivity contribution in [3.63, 3.8) is 0 Å². The third kappa shape index (κ3) is 4.47.